The van der Waals surface area contributed by atoms with Gasteiger partial charge < -0.3 is 15.8 Å². The number of carbonyl (C=O) groups is 3. The third-order valence-electron chi connectivity index (χ3n) is 4.26. The Morgan fingerprint density at radius 3 is 2.83 bits per heavy atom. The number of non-ortho nitro benzene ring substituents is 1. The summed E-state index contributed by atoms with van der Waals surface area (Å²) in [6, 6.07) is 5.72. The summed E-state index contributed by atoms with van der Waals surface area (Å²) in [4.78, 5) is 46.8. The Balaban J connectivity index is 1.56. The number of benzene rings is 1. The Hall–Kier alpha value is -3.53. The van der Waals surface area contributed by atoms with Crippen molar-refractivity contribution < 1.29 is 24.0 Å². The SMILES string of the molecule is NC(=O)c1c(NC(=O)COC(=O)C=Cc2cccc([N+](=O)[O-])c2)sc2c1CCC2. The smallest absolute Gasteiger partial charge is 0.331 e. The summed E-state index contributed by atoms with van der Waals surface area (Å²) in [7, 11) is 0. The van der Waals surface area contributed by atoms with Crippen molar-refractivity contribution in [1.29, 1.82) is 0 Å². The molecule has 1 aromatic carbocycles. The van der Waals surface area contributed by atoms with Gasteiger partial charge in [-0.05, 0) is 36.5 Å². The molecule has 3 rings (SSSR count). The van der Waals surface area contributed by atoms with Crippen molar-refractivity contribution in [3.8, 4) is 0 Å². The number of esters is 1. The first kappa shape index (κ1) is 20.2. The zero-order chi connectivity index (χ0) is 21.0. The van der Waals surface area contributed by atoms with E-state index in [-0.39, 0.29) is 5.69 Å². The van der Waals surface area contributed by atoms with Gasteiger partial charge in [0.1, 0.15) is 5.00 Å². The monoisotopic (exact) mass is 415 g/mol. The predicted molar refractivity (Wildman–Crippen MR) is 107 cm³/mol. The van der Waals surface area contributed by atoms with E-state index in [2.05, 4.69) is 5.32 Å². The van der Waals surface area contributed by atoms with Gasteiger partial charge in [-0.2, -0.15) is 0 Å². The normalized spacial score (nSPS) is 12.6. The minimum Gasteiger partial charge on any atom is -0.452 e. The van der Waals surface area contributed by atoms with E-state index in [0.29, 0.717) is 16.1 Å². The molecule has 0 bridgehead atoms. The zero-order valence-corrected chi connectivity index (χ0v) is 16.0. The number of hydrogen-bond donors (Lipinski definition) is 2. The molecule has 0 saturated carbocycles. The molecule has 9 nitrogen and oxygen atoms in total. The molecule has 0 radical (unpaired) electrons. The number of ether oxygens (including phenoxy) is 1. The lowest BCUT2D eigenvalue weighted by atomic mass is 10.1. The van der Waals surface area contributed by atoms with Crippen molar-refractivity contribution in [1.82, 2.24) is 0 Å². The van der Waals surface area contributed by atoms with Crippen LogP contribution in [0, 0.1) is 10.1 Å². The summed E-state index contributed by atoms with van der Waals surface area (Å²) in [6.07, 6.45) is 4.96. The van der Waals surface area contributed by atoms with Gasteiger partial charge in [0, 0.05) is 23.1 Å². The lowest BCUT2D eigenvalue weighted by Gasteiger charge is -2.06. The van der Waals surface area contributed by atoms with Crippen LogP contribution in [-0.2, 0) is 27.2 Å². The van der Waals surface area contributed by atoms with Gasteiger partial charge in [-0.1, -0.05) is 12.1 Å². The van der Waals surface area contributed by atoms with E-state index in [4.69, 9.17) is 10.5 Å². The number of primary amides is 1. The van der Waals surface area contributed by atoms with E-state index in [1.54, 1.807) is 6.07 Å². The number of nitro benzene ring substituents is 1. The number of thiophene rings is 1. The number of nitrogens with zero attached hydrogens (tertiary/aromatic N) is 1. The van der Waals surface area contributed by atoms with Crippen molar-refractivity contribution in [2.45, 2.75) is 19.3 Å². The number of rotatable bonds is 7. The van der Waals surface area contributed by atoms with Gasteiger partial charge in [-0.25, -0.2) is 4.79 Å². The fourth-order valence-corrected chi connectivity index (χ4v) is 4.32. The van der Waals surface area contributed by atoms with Gasteiger partial charge in [-0.3, -0.25) is 19.7 Å². The van der Waals surface area contributed by atoms with Crippen LogP contribution in [0.3, 0.4) is 0 Å². The Labute approximate surface area is 169 Å². The number of nitrogens with two attached hydrogens (primary N) is 1. The highest BCUT2D eigenvalue weighted by molar-refractivity contribution is 7.17. The maximum absolute atomic E-state index is 12.1. The topological polar surface area (TPSA) is 142 Å². The number of carbonyl (C=O) groups excluding carboxylic acids is 3. The summed E-state index contributed by atoms with van der Waals surface area (Å²) >= 11 is 1.31. The van der Waals surface area contributed by atoms with Crippen LogP contribution in [0.15, 0.2) is 30.3 Å². The second kappa shape index (κ2) is 8.65. The Morgan fingerprint density at radius 2 is 2.10 bits per heavy atom. The van der Waals surface area contributed by atoms with Crippen molar-refractivity contribution in [2.24, 2.45) is 5.73 Å². The molecule has 3 N–H and O–H groups in total. The Bertz CT molecular complexity index is 1030. The molecule has 0 atom stereocenters. The lowest BCUT2D eigenvalue weighted by molar-refractivity contribution is -0.384. The second-order valence-electron chi connectivity index (χ2n) is 6.27. The van der Waals surface area contributed by atoms with Crippen LogP contribution >= 0.6 is 11.3 Å². The number of amides is 2. The van der Waals surface area contributed by atoms with Gasteiger partial charge in [0.2, 0.25) is 0 Å². The molecule has 29 heavy (non-hydrogen) atoms. The molecule has 10 heteroatoms. The summed E-state index contributed by atoms with van der Waals surface area (Å²) in [5.41, 5.74) is 6.99. The van der Waals surface area contributed by atoms with Gasteiger partial charge >= 0.3 is 5.97 Å². The molecule has 1 aliphatic rings. The van der Waals surface area contributed by atoms with Crippen LogP contribution in [-0.4, -0.2) is 29.3 Å². The maximum Gasteiger partial charge on any atom is 0.331 e. The quantitative estimate of drug-likeness (QED) is 0.308. The highest BCUT2D eigenvalue weighted by atomic mass is 32.1. The summed E-state index contributed by atoms with van der Waals surface area (Å²) in [6.45, 7) is -0.543. The van der Waals surface area contributed by atoms with Gasteiger partial charge in [0.25, 0.3) is 17.5 Å². The molecule has 1 aliphatic carbocycles. The fourth-order valence-electron chi connectivity index (χ4n) is 3.01. The number of fused-ring (bicyclic) bond motifs is 1. The highest BCUT2D eigenvalue weighted by Gasteiger charge is 2.26. The molecule has 0 fully saturated rings. The van der Waals surface area contributed by atoms with Crippen molar-refractivity contribution in [2.75, 3.05) is 11.9 Å². The summed E-state index contributed by atoms with van der Waals surface area (Å²) in [5.74, 6) is -1.98. The molecule has 0 spiro atoms. The van der Waals surface area contributed by atoms with E-state index in [0.717, 1.165) is 35.8 Å². The van der Waals surface area contributed by atoms with Gasteiger partial charge in [0.15, 0.2) is 6.61 Å². The number of nitro groups is 1. The highest BCUT2D eigenvalue weighted by Crippen LogP contribution is 2.38. The maximum atomic E-state index is 12.1. The van der Waals surface area contributed by atoms with E-state index < -0.39 is 29.3 Å². The lowest BCUT2D eigenvalue weighted by Crippen LogP contribution is -2.22. The first-order valence-electron chi connectivity index (χ1n) is 8.68. The third-order valence-corrected chi connectivity index (χ3v) is 5.47. The van der Waals surface area contributed by atoms with E-state index >= 15 is 0 Å². The molecule has 0 saturated heterocycles. The fraction of sp³-hybridized carbons (Fsp3) is 0.211. The molecule has 2 amide bonds. The number of nitrogens with one attached hydrogen (secondary N) is 1. The van der Waals surface area contributed by atoms with Crippen LogP contribution in [0.4, 0.5) is 10.7 Å². The molecule has 0 unspecified atom stereocenters. The van der Waals surface area contributed by atoms with Crippen LogP contribution in [0.1, 0.15) is 32.8 Å². The van der Waals surface area contributed by atoms with Crippen LogP contribution in [0.2, 0.25) is 0 Å². The van der Waals surface area contributed by atoms with Crippen molar-refractivity contribution in [3.05, 3.63) is 62.0 Å². The number of anilines is 1. The predicted octanol–water partition coefficient (Wildman–Crippen LogP) is 2.44. The van der Waals surface area contributed by atoms with Crippen LogP contribution in [0.25, 0.3) is 6.08 Å². The van der Waals surface area contributed by atoms with E-state index in [1.807, 2.05) is 0 Å². The average Bonchev–Trinajstić information content (AvgIpc) is 3.25. The van der Waals surface area contributed by atoms with Crippen molar-refractivity contribution in [3.63, 3.8) is 0 Å². The standard InChI is InChI=1S/C19H17N3O6S/c20-18(25)17-13-5-2-6-14(13)29-19(17)21-15(23)10-28-16(24)8-7-11-3-1-4-12(9-11)22(26)27/h1,3-4,7-9H,2,5-6,10H2,(H2,20,25)(H,21,23). The molecular formula is C19H17N3O6S. The minimum atomic E-state index is -0.782. The second-order valence-corrected chi connectivity index (χ2v) is 7.37. The average molecular weight is 415 g/mol. The Morgan fingerprint density at radius 1 is 1.31 bits per heavy atom. The first-order valence-corrected chi connectivity index (χ1v) is 9.50. The molecule has 0 aliphatic heterocycles. The summed E-state index contributed by atoms with van der Waals surface area (Å²) in [5, 5.41) is 13.7. The molecule has 1 aromatic heterocycles. The minimum absolute atomic E-state index is 0.104. The Kier molecular flexibility index (Phi) is 6.03. The number of hydrogen-bond acceptors (Lipinski definition) is 7. The summed E-state index contributed by atoms with van der Waals surface area (Å²) < 4.78 is 4.87. The van der Waals surface area contributed by atoms with Crippen LogP contribution in [0.5, 0.6) is 0 Å². The van der Waals surface area contributed by atoms with E-state index in [9.17, 15) is 24.5 Å². The van der Waals surface area contributed by atoms with E-state index in [1.165, 1.54) is 35.6 Å². The molecular weight excluding hydrogens is 398 g/mol. The van der Waals surface area contributed by atoms with Crippen LogP contribution < -0.4 is 11.1 Å². The van der Waals surface area contributed by atoms with Gasteiger partial charge in [-0.15, -0.1) is 11.3 Å². The molecule has 2 aromatic rings. The van der Waals surface area contributed by atoms with Crippen molar-refractivity contribution >= 4 is 45.9 Å². The first-order chi connectivity index (χ1) is 13.8. The number of aryl methyl sites for hydroxylation is 1. The molecule has 1 heterocycles. The van der Waals surface area contributed by atoms with Gasteiger partial charge in [0.05, 0.1) is 10.5 Å². The largest absolute Gasteiger partial charge is 0.452 e. The zero-order valence-electron chi connectivity index (χ0n) is 15.2. The third kappa shape index (κ3) is 4.85. The molecule has 150 valence electrons.